The summed E-state index contributed by atoms with van der Waals surface area (Å²) in [4.78, 5) is 13.7. The fraction of sp³-hybridized carbons (Fsp3) is 0.0952. The van der Waals surface area contributed by atoms with Gasteiger partial charge < -0.3 is 5.32 Å². The average Bonchev–Trinajstić information content (AvgIpc) is 2.64. The molecule has 0 spiro atoms. The van der Waals surface area contributed by atoms with E-state index in [2.05, 4.69) is 17.4 Å². The summed E-state index contributed by atoms with van der Waals surface area (Å²) in [5.74, 6) is -0.193. The number of anilines is 1. The van der Waals surface area contributed by atoms with Gasteiger partial charge in [0, 0.05) is 10.6 Å². The van der Waals surface area contributed by atoms with E-state index >= 15 is 0 Å². The summed E-state index contributed by atoms with van der Waals surface area (Å²) in [6, 6.07) is 23.5. The summed E-state index contributed by atoms with van der Waals surface area (Å²) in [6.45, 7) is 0. The van der Waals surface area contributed by atoms with Crippen LogP contribution in [0.2, 0.25) is 5.02 Å². The van der Waals surface area contributed by atoms with Crippen LogP contribution in [0.25, 0.3) is 0 Å². The van der Waals surface area contributed by atoms with Gasteiger partial charge in [-0.2, -0.15) is 0 Å². The number of thioether (sulfide) groups is 1. The Morgan fingerprint density at radius 3 is 2.48 bits per heavy atom. The van der Waals surface area contributed by atoms with Gasteiger partial charge in [-0.15, -0.1) is 11.8 Å². The first kappa shape index (κ1) is 17.6. The summed E-state index contributed by atoms with van der Waals surface area (Å²) >= 11 is 7.80. The monoisotopic (exact) mass is 367 g/mol. The van der Waals surface area contributed by atoms with E-state index in [0.717, 1.165) is 22.6 Å². The Morgan fingerprint density at radius 2 is 1.72 bits per heavy atom. The molecule has 1 amide bonds. The Kier molecular flexibility index (Phi) is 5.79. The molecule has 0 fully saturated rings. The lowest BCUT2D eigenvalue weighted by Crippen LogP contribution is -2.14. The van der Waals surface area contributed by atoms with Crippen LogP contribution in [0.4, 0.5) is 5.69 Å². The number of carbonyl (C=O) groups excluding carboxylic acids is 1. The van der Waals surface area contributed by atoms with Gasteiger partial charge in [0.2, 0.25) is 0 Å². The fourth-order valence-electron chi connectivity index (χ4n) is 2.61. The molecule has 0 bridgehead atoms. The van der Waals surface area contributed by atoms with Crippen LogP contribution in [0, 0.1) is 0 Å². The minimum absolute atomic E-state index is 0.193. The van der Waals surface area contributed by atoms with E-state index < -0.39 is 0 Å². The normalized spacial score (nSPS) is 10.5. The van der Waals surface area contributed by atoms with E-state index in [-0.39, 0.29) is 5.91 Å². The number of benzene rings is 3. The van der Waals surface area contributed by atoms with Crippen LogP contribution in [0.5, 0.6) is 0 Å². The van der Waals surface area contributed by atoms with Gasteiger partial charge in [0.05, 0.1) is 10.6 Å². The first-order valence-electron chi connectivity index (χ1n) is 7.94. The van der Waals surface area contributed by atoms with E-state index in [9.17, 15) is 4.79 Å². The Bertz CT molecular complexity index is 880. The molecule has 0 saturated heterocycles. The standard InChI is InChI=1S/C21H18ClNOS/c1-25-17-11-12-19(22)18(14-17)21(24)23-20-10-6-5-9-16(20)13-15-7-3-2-4-8-15/h2-12,14H,13H2,1H3,(H,23,24). The van der Waals surface area contributed by atoms with Crippen molar-refractivity contribution in [2.75, 3.05) is 11.6 Å². The van der Waals surface area contributed by atoms with E-state index in [1.165, 1.54) is 5.56 Å². The van der Waals surface area contributed by atoms with Crippen molar-refractivity contribution in [1.82, 2.24) is 0 Å². The Balaban J connectivity index is 1.85. The molecule has 3 aromatic carbocycles. The van der Waals surface area contributed by atoms with E-state index in [0.29, 0.717) is 10.6 Å². The molecule has 4 heteroatoms. The zero-order valence-electron chi connectivity index (χ0n) is 13.8. The molecule has 0 unspecified atom stereocenters. The first-order chi connectivity index (χ1) is 12.2. The smallest absolute Gasteiger partial charge is 0.257 e. The van der Waals surface area contributed by atoms with Crippen molar-refractivity contribution in [2.45, 2.75) is 11.3 Å². The lowest BCUT2D eigenvalue weighted by molar-refractivity contribution is 0.102. The minimum atomic E-state index is -0.193. The summed E-state index contributed by atoms with van der Waals surface area (Å²) in [7, 11) is 0. The SMILES string of the molecule is CSc1ccc(Cl)c(C(=O)Nc2ccccc2Cc2ccccc2)c1. The van der Waals surface area contributed by atoms with Crippen molar-refractivity contribution >= 4 is 35.0 Å². The lowest BCUT2D eigenvalue weighted by atomic mass is 10.0. The number of halogens is 1. The highest BCUT2D eigenvalue weighted by Crippen LogP contribution is 2.25. The molecule has 2 nitrogen and oxygen atoms in total. The predicted molar refractivity (Wildman–Crippen MR) is 107 cm³/mol. The number of para-hydroxylation sites is 1. The van der Waals surface area contributed by atoms with Crippen molar-refractivity contribution in [3.05, 3.63) is 94.5 Å². The number of rotatable bonds is 5. The average molecular weight is 368 g/mol. The predicted octanol–water partition coefficient (Wildman–Crippen LogP) is 5.91. The number of hydrogen-bond donors (Lipinski definition) is 1. The molecule has 0 aromatic heterocycles. The lowest BCUT2D eigenvalue weighted by Gasteiger charge is -2.12. The third kappa shape index (κ3) is 4.44. The van der Waals surface area contributed by atoms with Gasteiger partial charge in [-0.3, -0.25) is 4.79 Å². The molecule has 126 valence electrons. The van der Waals surface area contributed by atoms with Crippen LogP contribution < -0.4 is 5.32 Å². The van der Waals surface area contributed by atoms with Gasteiger partial charge in [0.25, 0.3) is 5.91 Å². The maximum atomic E-state index is 12.7. The zero-order valence-corrected chi connectivity index (χ0v) is 15.4. The van der Waals surface area contributed by atoms with Crippen molar-refractivity contribution < 1.29 is 4.79 Å². The molecule has 0 atom stereocenters. The number of nitrogens with one attached hydrogen (secondary N) is 1. The van der Waals surface area contributed by atoms with E-state index in [1.54, 1.807) is 17.8 Å². The highest BCUT2D eigenvalue weighted by Gasteiger charge is 2.13. The largest absolute Gasteiger partial charge is 0.322 e. The fourth-order valence-corrected chi connectivity index (χ4v) is 3.25. The Morgan fingerprint density at radius 1 is 1.00 bits per heavy atom. The summed E-state index contributed by atoms with van der Waals surface area (Å²) < 4.78 is 0. The van der Waals surface area contributed by atoms with Gasteiger partial charge >= 0.3 is 0 Å². The van der Waals surface area contributed by atoms with Crippen LogP contribution in [0.15, 0.2) is 77.7 Å². The van der Waals surface area contributed by atoms with E-state index in [1.807, 2.05) is 60.9 Å². The molecule has 0 radical (unpaired) electrons. The van der Waals surface area contributed by atoms with Crippen LogP contribution in [-0.4, -0.2) is 12.2 Å². The van der Waals surface area contributed by atoms with Crippen LogP contribution in [0.3, 0.4) is 0 Å². The molecular weight excluding hydrogens is 350 g/mol. The second-order valence-electron chi connectivity index (χ2n) is 5.62. The van der Waals surface area contributed by atoms with Gasteiger partial charge in [-0.1, -0.05) is 60.1 Å². The summed E-state index contributed by atoms with van der Waals surface area (Å²) in [5.41, 5.74) is 3.57. The van der Waals surface area contributed by atoms with Crippen molar-refractivity contribution in [2.24, 2.45) is 0 Å². The number of hydrogen-bond acceptors (Lipinski definition) is 2. The Labute approximate surface area is 157 Å². The third-order valence-electron chi connectivity index (χ3n) is 3.92. The molecule has 0 heterocycles. The highest BCUT2D eigenvalue weighted by molar-refractivity contribution is 7.98. The molecule has 1 N–H and O–H groups in total. The van der Waals surface area contributed by atoms with Crippen molar-refractivity contribution in [1.29, 1.82) is 0 Å². The molecule has 0 saturated carbocycles. The number of amides is 1. The van der Waals surface area contributed by atoms with Crippen molar-refractivity contribution in [3.8, 4) is 0 Å². The molecule has 25 heavy (non-hydrogen) atoms. The second-order valence-corrected chi connectivity index (χ2v) is 6.91. The third-order valence-corrected chi connectivity index (χ3v) is 4.98. The second kappa shape index (κ2) is 8.24. The Hall–Kier alpha value is -2.23. The minimum Gasteiger partial charge on any atom is -0.322 e. The molecule has 3 rings (SSSR count). The van der Waals surface area contributed by atoms with E-state index in [4.69, 9.17) is 11.6 Å². The molecule has 0 aliphatic carbocycles. The van der Waals surface area contributed by atoms with Gasteiger partial charge in [0.1, 0.15) is 0 Å². The molecule has 3 aromatic rings. The molecule has 0 aliphatic heterocycles. The maximum Gasteiger partial charge on any atom is 0.257 e. The van der Waals surface area contributed by atoms with Crippen LogP contribution in [0.1, 0.15) is 21.5 Å². The van der Waals surface area contributed by atoms with Gasteiger partial charge in [0.15, 0.2) is 0 Å². The quantitative estimate of drug-likeness (QED) is 0.568. The van der Waals surface area contributed by atoms with Crippen molar-refractivity contribution in [3.63, 3.8) is 0 Å². The number of carbonyl (C=O) groups is 1. The molecule has 0 aliphatic rings. The summed E-state index contributed by atoms with van der Waals surface area (Å²) in [6.07, 6.45) is 2.73. The molecular formula is C21H18ClNOS. The summed E-state index contributed by atoms with van der Waals surface area (Å²) in [5, 5.41) is 3.46. The maximum absolute atomic E-state index is 12.7. The van der Waals surface area contributed by atoms with Crippen LogP contribution >= 0.6 is 23.4 Å². The van der Waals surface area contributed by atoms with Gasteiger partial charge in [-0.05, 0) is 48.1 Å². The zero-order chi connectivity index (χ0) is 17.6. The highest BCUT2D eigenvalue weighted by atomic mass is 35.5. The first-order valence-corrected chi connectivity index (χ1v) is 9.54. The van der Waals surface area contributed by atoms with Crippen LogP contribution in [-0.2, 0) is 6.42 Å². The van der Waals surface area contributed by atoms with Gasteiger partial charge in [-0.25, -0.2) is 0 Å². The topological polar surface area (TPSA) is 29.1 Å².